The van der Waals surface area contributed by atoms with Gasteiger partial charge in [0.2, 0.25) is 0 Å². The Hall–Kier alpha value is -4.58. The lowest BCUT2D eigenvalue weighted by molar-refractivity contribution is 0.729. The molecular weight excluding hydrogens is 420 g/mol. The van der Waals surface area contributed by atoms with Gasteiger partial charge in [0.05, 0.1) is 34.9 Å². The number of allylic oxidation sites excluding steroid dienone is 2. The van der Waals surface area contributed by atoms with Gasteiger partial charge in [-0.1, -0.05) is 12.2 Å². The molecule has 164 valence electrons. The minimum atomic E-state index is 0.0270. The third kappa shape index (κ3) is 3.55. The largest absolute Gasteiger partial charge is 0.355 e. The molecule has 0 aromatic carbocycles. The molecule has 7 rings (SSSR count). The van der Waals surface area contributed by atoms with Gasteiger partial charge >= 0.3 is 0 Å². The van der Waals surface area contributed by atoms with Gasteiger partial charge in [0.25, 0.3) is 0 Å². The van der Waals surface area contributed by atoms with E-state index in [1.54, 1.807) is 0 Å². The average molecular weight is 443 g/mol. The van der Waals surface area contributed by atoms with Gasteiger partial charge in [0.15, 0.2) is 0 Å². The molecule has 7 heterocycles. The SMILES string of the molecule is C1=CC2N=C1C=c1cc/c([nH]1)=C/c1ccc([nH]1)-c1ccc([nH]1)/C=c1/ccc([nH]1)=CC1=NC2C=C1. The first-order chi connectivity index (χ1) is 16.7. The Kier molecular flexibility index (Phi) is 4.17. The Bertz CT molecular complexity index is 1640. The molecule has 34 heavy (non-hydrogen) atoms. The van der Waals surface area contributed by atoms with Crippen molar-refractivity contribution in [3.63, 3.8) is 0 Å². The van der Waals surface area contributed by atoms with Crippen LogP contribution in [0.5, 0.6) is 0 Å². The van der Waals surface area contributed by atoms with Crippen molar-refractivity contribution >= 4 is 35.7 Å². The number of H-pyrrole nitrogens is 4. The summed E-state index contributed by atoms with van der Waals surface area (Å²) in [6.07, 6.45) is 16.8. The summed E-state index contributed by atoms with van der Waals surface area (Å²) in [5, 5.41) is 4.12. The van der Waals surface area contributed by atoms with Crippen LogP contribution in [0.2, 0.25) is 0 Å². The fourth-order valence-electron chi connectivity index (χ4n) is 4.62. The Labute approximate surface area is 194 Å². The lowest BCUT2D eigenvalue weighted by atomic mass is 10.1. The van der Waals surface area contributed by atoms with Gasteiger partial charge in [-0.3, -0.25) is 9.98 Å². The summed E-state index contributed by atoms with van der Waals surface area (Å²) in [6, 6.07) is 16.7. The van der Waals surface area contributed by atoms with E-state index in [1.807, 2.05) is 0 Å². The second-order valence-electron chi connectivity index (χ2n) is 8.78. The van der Waals surface area contributed by atoms with E-state index in [-0.39, 0.29) is 12.1 Å². The zero-order valence-corrected chi connectivity index (χ0v) is 18.3. The number of fused-ring (bicyclic) bond motifs is 12. The summed E-state index contributed by atoms with van der Waals surface area (Å²) in [7, 11) is 0. The summed E-state index contributed by atoms with van der Waals surface area (Å²) in [6.45, 7) is 0. The van der Waals surface area contributed by atoms with E-state index in [1.165, 1.54) is 0 Å². The molecule has 3 aliphatic rings. The van der Waals surface area contributed by atoms with Crippen molar-refractivity contribution in [2.45, 2.75) is 12.1 Å². The summed E-state index contributed by atoms with van der Waals surface area (Å²) in [4.78, 5) is 23.6. The molecule has 0 spiro atoms. The first kappa shape index (κ1) is 18.9. The highest BCUT2D eigenvalue weighted by Crippen LogP contribution is 2.19. The van der Waals surface area contributed by atoms with Crippen molar-refractivity contribution in [3.8, 4) is 11.4 Å². The van der Waals surface area contributed by atoms with E-state index < -0.39 is 0 Å². The van der Waals surface area contributed by atoms with E-state index in [2.05, 4.69) is 117 Å². The van der Waals surface area contributed by atoms with Crippen LogP contribution in [0, 0.1) is 0 Å². The lowest BCUT2D eigenvalue weighted by Crippen LogP contribution is -2.16. The van der Waals surface area contributed by atoms with E-state index >= 15 is 0 Å². The van der Waals surface area contributed by atoms with Crippen LogP contribution in [0.3, 0.4) is 0 Å². The van der Waals surface area contributed by atoms with Crippen LogP contribution in [-0.2, 0) is 0 Å². The Balaban J connectivity index is 1.36. The molecule has 0 aliphatic carbocycles. The number of hydrogen-bond acceptors (Lipinski definition) is 2. The zero-order valence-electron chi connectivity index (χ0n) is 18.3. The Morgan fingerprint density at radius 1 is 0.471 bits per heavy atom. The fraction of sp³-hybridized carbons (Fsp3) is 0.0714. The average Bonchev–Trinajstić information content (AvgIpc) is 3.64. The molecule has 2 unspecified atom stereocenters. The topological polar surface area (TPSA) is 87.9 Å². The molecule has 4 aromatic rings. The van der Waals surface area contributed by atoms with Gasteiger partial charge in [0, 0.05) is 32.8 Å². The highest BCUT2D eigenvalue weighted by atomic mass is 14.9. The highest BCUT2D eigenvalue weighted by molar-refractivity contribution is 6.19. The summed E-state index contributed by atoms with van der Waals surface area (Å²) < 4.78 is 0. The Morgan fingerprint density at radius 3 is 1.38 bits per heavy atom. The molecule has 3 aliphatic heterocycles. The number of aromatic amines is 4. The molecule has 0 fully saturated rings. The highest BCUT2D eigenvalue weighted by Gasteiger charge is 2.21. The fourth-order valence-corrected chi connectivity index (χ4v) is 4.62. The minimum absolute atomic E-state index is 0.0270. The number of hydrogen-bond donors (Lipinski definition) is 4. The van der Waals surface area contributed by atoms with Crippen LogP contribution in [0.4, 0.5) is 0 Å². The van der Waals surface area contributed by atoms with Crippen LogP contribution in [0.15, 0.2) is 82.8 Å². The number of aliphatic imine (C=N–C) groups is 2. The van der Waals surface area contributed by atoms with E-state index in [9.17, 15) is 0 Å². The molecule has 0 saturated carbocycles. The molecule has 0 amide bonds. The van der Waals surface area contributed by atoms with Crippen LogP contribution in [0.25, 0.3) is 35.7 Å². The van der Waals surface area contributed by atoms with Crippen molar-refractivity contribution in [2.75, 3.05) is 0 Å². The molecule has 4 N–H and O–H groups in total. The number of aromatic nitrogens is 4. The second kappa shape index (κ2) is 7.49. The summed E-state index contributed by atoms with van der Waals surface area (Å²) in [5.41, 5.74) is 6.07. The van der Waals surface area contributed by atoms with Gasteiger partial charge in [-0.15, -0.1) is 0 Å². The van der Waals surface area contributed by atoms with Crippen molar-refractivity contribution in [1.29, 1.82) is 0 Å². The van der Waals surface area contributed by atoms with Crippen molar-refractivity contribution in [1.82, 2.24) is 19.9 Å². The van der Waals surface area contributed by atoms with Gasteiger partial charge in [-0.05, 0) is 85.0 Å². The van der Waals surface area contributed by atoms with Crippen LogP contribution in [0.1, 0.15) is 11.4 Å². The van der Waals surface area contributed by atoms with Crippen LogP contribution >= 0.6 is 0 Å². The second-order valence-corrected chi connectivity index (χ2v) is 8.78. The molecule has 4 aromatic heterocycles. The molecule has 2 atom stereocenters. The lowest BCUT2D eigenvalue weighted by Gasteiger charge is -2.08. The van der Waals surface area contributed by atoms with Crippen LogP contribution in [-0.4, -0.2) is 43.4 Å². The molecule has 6 nitrogen and oxygen atoms in total. The molecule has 6 heteroatoms. The molecular formula is C28H22N6. The molecule has 0 saturated heterocycles. The Morgan fingerprint density at radius 2 is 0.912 bits per heavy atom. The maximum Gasteiger partial charge on any atom is 0.0950 e. The standard InChI is InChI=1S/C28H22N6/c1-2-18-14-22-6-10-27(32-22)28-12-8-24(34-28)16-20-4-3-19(30-20)15-23-7-11-26(33-23)25-9-5-21(31-25)13-17(1)29-18/h1-16,25-26,29-30,32,34H/b17-13?,18-14-,19-15?,20-16-. The van der Waals surface area contributed by atoms with Crippen molar-refractivity contribution in [3.05, 3.63) is 106 Å². The van der Waals surface area contributed by atoms with Gasteiger partial charge in [-0.2, -0.15) is 0 Å². The van der Waals surface area contributed by atoms with Gasteiger partial charge in [-0.25, -0.2) is 0 Å². The third-order valence-corrected chi connectivity index (χ3v) is 6.27. The summed E-state index contributed by atoms with van der Waals surface area (Å²) in [5.74, 6) is 0. The van der Waals surface area contributed by atoms with Crippen LogP contribution < -0.4 is 21.4 Å². The first-order valence-electron chi connectivity index (χ1n) is 11.4. The van der Waals surface area contributed by atoms with Gasteiger partial charge < -0.3 is 19.9 Å². The van der Waals surface area contributed by atoms with E-state index in [0.717, 1.165) is 55.6 Å². The van der Waals surface area contributed by atoms with Crippen molar-refractivity contribution in [2.24, 2.45) is 9.98 Å². The smallest absolute Gasteiger partial charge is 0.0950 e. The van der Waals surface area contributed by atoms with E-state index in [0.29, 0.717) is 0 Å². The van der Waals surface area contributed by atoms with E-state index in [4.69, 9.17) is 9.98 Å². The maximum atomic E-state index is 4.87. The molecule has 0 radical (unpaired) electrons. The first-order valence-corrected chi connectivity index (χ1v) is 11.4. The van der Waals surface area contributed by atoms with Gasteiger partial charge in [0.1, 0.15) is 0 Å². The number of rotatable bonds is 0. The van der Waals surface area contributed by atoms with Crippen molar-refractivity contribution < 1.29 is 0 Å². The normalized spacial score (nSPS) is 22.2. The quantitative estimate of drug-likeness (QED) is 0.319. The third-order valence-electron chi connectivity index (χ3n) is 6.27. The summed E-state index contributed by atoms with van der Waals surface area (Å²) >= 11 is 0. The predicted molar refractivity (Wildman–Crippen MR) is 137 cm³/mol. The zero-order chi connectivity index (χ0) is 22.5. The molecule has 12 bridgehead atoms. The minimum Gasteiger partial charge on any atom is -0.355 e. The monoisotopic (exact) mass is 442 g/mol. The number of nitrogens with zero attached hydrogens (tertiary/aromatic N) is 2. The predicted octanol–water partition coefficient (Wildman–Crippen LogP) is 1.66. The maximum absolute atomic E-state index is 4.87. The number of nitrogens with one attached hydrogen (secondary N) is 4.